The Morgan fingerprint density at radius 2 is 2.03 bits per heavy atom. The SMILES string of the molecule is Cn1ncc(-c2cc(C3CC3)c3c(=O)[nH]nc(CN)c3c2)c1-c1c(F)cc2ccccc2c1C#N. The number of fused-ring (bicyclic) bond motifs is 2. The van der Waals surface area contributed by atoms with Crippen molar-refractivity contribution in [3.63, 3.8) is 0 Å². The molecule has 7 nitrogen and oxygen atoms in total. The molecule has 35 heavy (non-hydrogen) atoms. The van der Waals surface area contributed by atoms with Crippen molar-refractivity contribution >= 4 is 21.5 Å². The first-order chi connectivity index (χ1) is 17.0. The van der Waals surface area contributed by atoms with Crippen LogP contribution in [0.4, 0.5) is 4.39 Å². The van der Waals surface area contributed by atoms with E-state index in [4.69, 9.17) is 5.73 Å². The number of nitrogens with two attached hydrogens (primary N) is 1. The van der Waals surface area contributed by atoms with Gasteiger partial charge in [0.15, 0.2) is 0 Å². The van der Waals surface area contributed by atoms with Gasteiger partial charge in [0, 0.05) is 29.9 Å². The molecule has 0 amide bonds. The quantitative estimate of drug-likeness (QED) is 0.407. The number of H-pyrrole nitrogens is 1. The molecule has 172 valence electrons. The highest BCUT2D eigenvalue weighted by Gasteiger charge is 2.29. The predicted molar refractivity (Wildman–Crippen MR) is 132 cm³/mol. The van der Waals surface area contributed by atoms with Crippen LogP contribution < -0.4 is 11.3 Å². The van der Waals surface area contributed by atoms with E-state index < -0.39 is 5.82 Å². The fourth-order valence-electron chi connectivity index (χ4n) is 5.01. The van der Waals surface area contributed by atoms with Crippen molar-refractivity contribution in [1.82, 2.24) is 20.0 Å². The van der Waals surface area contributed by atoms with Gasteiger partial charge < -0.3 is 5.73 Å². The molecule has 0 atom stereocenters. The molecule has 0 saturated heterocycles. The molecular formula is C27H21FN6O. The molecule has 3 aromatic carbocycles. The number of nitriles is 1. The topological polar surface area (TPSA) is 113 Å². The van der Waals surface area contributed by atoms with Crippen molar-refractivity contribution in [2.45, 2.75) is 25.3 Å². The molecule has 0 bridgehead atoms. The Labute approximate surface area is 199 Å². The van der Waals surface area contributed by atoms with E-state index in [1.54, 1.807) is 24.0 Å². The lowest BCUT2D eigenvalue weighted by Crippen LogP contribution is -2.15. The average molecular weight is 465 g/mol. The van der Waals surface area contributed by atoms with E-state index >= 15 is 4.39 Å². The van der Waals surface area contributed by atoms with Crippen LogP contribution in [-0.4, -0.2) is 20.0 Å². The number of aryl methyl sites for hydroxylation is 1. The summed E-state index contributed by atoms with van der Waals surface area (Å²) in [6.07, 6.45) is 3.66. The van der Waals surface area contributed by atoms with Gasteiger partial charge in [0.25, 0.3) is 5.56 Å². The van der Waals surface area contributed by atoms with Gasteiger partial charge in [-0.25, -0.2) is 9.49 Å². The third-order valence-electron chi connectivity index (χ3n) is 6.81. The number of hydrogen-bond donors (Lipinski definition) is 2. The van der Waals surface area contributed by atoms with Crippen LogP contribution in [0.3, 0.4) is 0 Å². The number of aromatic nitrogens is 4. The lowest BCUT2D eigenvalue weighted by atomic mass is 9.91. The Balaban J connectivity index is 1.68. The normalized spacial score (nSPS) is 13.4. The fourth-order valence-corrected chi connectivity index (χ4v) is 5.01. The summed E-state index contributed by atoms with van der Waals surface area (Å²) < 4.78 is 17.2. The van der Waals surface area contributed by atoms with Crippen molar-refractivity contribution in [1.29, 1.82) is 5.26 Å². The molecule has 1 aliphatic carbocycles. The summed E-state index contributed by atoms with van der Waals surface area (Å²) in [4.78, 5) is 12.7. The summed E-state index contributed by atoms with van der Waals surface area (Å²) in [6, 6.07) is 14.8. The van der Waals surface area contributed by atoms with Crippen molar-refractivity contribution in [2.24, 2.45) is 12.8 Å². The molecule has 5 aromatic rings. The number of benzene rings is 3. The largest absolute Gasteiger partial charge is 0.325 e. The molecule has 6 rings (SSSR count). The van der Waals surface area contributed by atoms with Gasteiger partial charge in [-0.2, -0.15) is 15.5 Å². The summed E-state index contributed by atoms with van der Waals surface area (Å²) >= 11 is 0. The van der Waals surface area contributed by atoms with Crippen LogP contribution in [0.2, 0.25) is 0 Å². The van der Waals surface area contributed by atoms with Crippen LogP contribution in [0, 0.1) is 17.1 Å². The molecule has 2 aromatic heterocycles. The first-order valence-electron chi connectivity index (χ1n) is 11.4. The van der Waals surface area contributed by atoms with E-state index in [2.05, 4.69) is 21.4 Å². The van der Waals surface area contributed by atoms with Gasteiger partial charge >= 0.3 is 0 Å². The number of nitrogens with one attached hydrogen (secondary N) is 1. The second-order valence-electron chi connectivity index (χ2n) is 8.94. The standard InChI is InChI=1S/C27H21FN6O/c1-34-26(25-20(11-29)17-5-3-2-4-15(17)10-22(25)28)21(13-31-34)16-8-18(14-6-7-14)24-19(9-16)23(12-30)32-33-27(24)35/h2-5,8-10,13-14H,6-7,12,30H2,1H3,(H,33,35). The Kier molecular flexibility index (Phi) is 4.76. The smallest absolute Gasteiger partial charge is 0.272 e. The summed E-state index contributed by atoms with van der Waals surface area (Å²) in [5.41, 5.74) is 9.63. The Hall–Kier alpha value is -4.35. The lowest BCUT2D eigenvalue weighted by Gasteiger charge is -2.14. The monoisotopic (exact) mass is 464 g/mol. The first-order valence-corrected chi connectivity index (χ1v) is 11.4. The maximum Gasteiger partial charge on any atom is 0.272 e. The van der Waals surface area contributed by atoms with Crippen LogP contribution in [-0.2, 0) is 13.6 Å². The van der Waals surface area contributed by atoms with Gasteiger partial charge in [-0.05, 0) is 53.5 Å². The molecule has 8 heteroatoms. The number of rotatable bonds is 4. The fraction of sp³-hybridized carbons (Fsp3) is 0.185. The van der Waals surface area contributed by atoms with Gasteiger partial charge in [0.1, 0.15) is 11.9 Å². The second kappa shape index (κ2) is 7.86. The first kappa shape index (κ1) is 21.2. The second-order valence-corrected chi connectivity index (χ2v) is 8.94. The molecule has 0 aliphatic heterocycles. The van der Waals surface area contributed by atoms with Crippen LogP contribution in [0.5, 0.6) is 0 Å². The van der Waals surface area contributed by atoms with Crippen molar-refractivity contribution in [2.75, 3.05) is 0 Å². The third-order valence-corrected chi connectivity index (χ3v) is 6.81. The van der Waals surface area contributed by atoms with E-state index in [1.807, 2.05) is 30.3 Å². The number of halogens is 1. The minimum atomic E-state index is -0.492. The van der Waals surface area contributed by atoms with Gasteiger partial charge in [0.05, 0.1) is 34.1 Å². The Morgan fingerprint density at radius 1 is 1.23 bits per heavy atom. The zero-order valence-corrected chi connectivity index (χ0v) is 19.0. The van der Waals surface area contributed by atoms with Crippen LogP contribution in [0.25, 0.3) is 43.9 Å². The van der Waals surface area contributed by atoms with E-state index in [0.717, 1.165) is 24.0 Å². The highest BCUT2D eigenvalue weighted by molar-refractivity contribution is 5.98. The average Bonchev–Trinajstić information content (AvgIpc) is 3.65. The zero-order chi connectivity index (χ0) is 24.3. The van der Waals surface area contributed by atoms with Gasteiger partial charge in [-0.1, -0.05) is 24.3 Å². The minimum Gasteiger partial charge on any atom is -0.325 e. The Morgan fingerprint density at radius 3 is 2.77 bits per heavy atom. The molecule has 1 saturated carbocycles. The Bertz CT molecular complexity index is 1760. The van der Waals surface area contributed by atoms with Gasteiger partial charge in [-0.15, -0.1) is 0 Å². The number of aromatic amines is 1. The van der Waals surface area contributed by atoms with Crippen molar-refractivity contribution < 1.29 is 4.39 Å². The summed E-state index contributed by atoms with van der Waals surface area (Å²) in [5.74, 6) is -0.215. The van der Waals surface area contributed by atoms with Crippen molar-refractivity contribution in [3.8, 4) is 28.5 Å². The number of hydrogen-bond acceptors (Lipinski definition) is 5. The lowest BCUT2D eigenvalue weighted by molar-refractivity contribution is 0.629. The summed E-state index contributed by atoms with van der Waals surface area (Å²) in [5, 5.41) is 23.8. The van der Waals surface area contributed by atoms with Crippen LogP contribution >= 0.6 is 0 Å². The summed E-state index contributed by atoms with van der Waals surface area (Å²) in [7, 11) is 1.73. The zero-order valence-electron chi connectivity index (χ0n) is 19.0. The van der Waals surface area contributed by atoms with Gasteiger partial charge in [0.2, 0.25) is 0 Å². The third kappa shape index (κ3) is 3.24. The minimum absolute atomic E-state index is 0.165. The highest BCUT2D eigenvalue weighted by atomic mass is 19.1. The molecule has 0 unspecified atom stereocenters. The van der Waals surface area contributed by atoms with E-state index in [0.29, 0.717) is 38.5 Å². The molecule has 1 aliphatic rings. The molecule has 0 spiro atoms. The van der Waals surface area contributed by atoms with Crippen molar-refractivity contribution in [3.05, 3.63) is 81.7 Å². The van der Waals surface area contributed by atoms with Crippen LogP contribution in [0.1, 0.15) is 35.6 Å². The molecular weight excluding hydrogens is 443 g/mol. The molecule has 0 radical (unpaired) electrons. The molecule has 2 heterocycles. The maximum atomic E-state index is 15.6. The predicted octanol–water partition coefficient (Wildman–Crippen LogP) is 4.49. The number of nitrogens with zero attached hydrogens (tertiary/aromatic N) is 4. The van der Waals surface area contributed by atoms with E-state index in [9.17, 15) is 10.1 Å². The van der Waals surface area contributed by atoms with Crippen LogP contribution in [0.15, 0.2) is 53.5 Å². The maximum absolute atomic E-state index is 15.6. The highest BCUT2D eigenvalue weighted by Crippen LogP contribution is 2.45. The molecule has 1 fully saturated rings. The van der Waals surface area contributed by atoms with E-state index in [-0.39, 0.29) is 29.1 Å². The van der Waals surface area contributed by atoms with Gasteiger partial charge in [-0.3, -0.25) is 9.48 Å². The molecule has 3 N–H and O–H groups in total. The van der Waals surface area contributed by atoms with E-state index in [1.165, 1.54) is 6.07 Å². The summed E-state index contributed by atoms with van der Waals surface area (Å²) in [6.45, 7) is 0.165.